The fraction of sp³-hybridized carbons (Fsp3) is 0.600. The van der Waals surface area contributed by atoms with E-state index >= 15 is 0 Å². The molecule has 0 aliphatic carbocycles. The summed E-state index contributed by atoms with van der Waals surface area (Å²) < 4.78 is 40.0. The number of alkyl halides is 1. The van der Waals surface area contributed by atoms with Crippen molar-refractivity contribution in [3.63, 3.8) is 0 Å². The molecule has 0 saturated carbocycles. The van der Waals surface area contributed by atoms with Gasteiger partial charge in [-0.25, -0.2) is 8.78 Å². The summed E-state index contributed by atoms with van der Waals surface area (Å²) >= 11 is 0. The Morgan fingerprint density at radius 2 is 1.80 bits per heavy atom. The van der Waals surface area contributed by atoms with E-state index in [1.165, 1.54) is 25.1 Å². The molecule has 1 rings (SSSR count). The first-order valence-electron chi connectivity index (χ1n) is 6.51. The maximum Gasteiger partial charge on any atom is 0.133 e. The zero-order valence-electron chi connectivity index (χ0n) is 12.3. The summed E-state index contributed by atoms with van der Waals surface area (Å²) in [5.74, 6) is -0.587. The molecule has 20 heavy (non-hydrogen) atoms. The fourth-order valence-corrected chi connectivity index (χ4v) is 3.27. The van der Waals surface area contributed by atoms with Gasteiger partial charge >= 0.3 is 0 Å². The summed E-state index contributed by atoms with van der Waals surface area (Å²) in [4.78, 5) is 0. The lowest BCUT2D eigenvalue weighted by Crippen LogP contribution is -2.44. The summed E-state index contributed by atoms with van der Waals surface area (Å²) in [5, 5.41) is 9.14. The summed E-state index contributed by atoms with van der Waals surface area (Å²) in [6.07, 6.45) is -1.68. The monoisotopic (exact) mass is 304 g/mol. The largest absolute Gasteiger partial charge is 0.393 e. The van der Waals surface area contributed by atoms with Gasteiger partial charge in [0.2, 0.25) is 0 Å². The number of aliphatic hydroxyl groups is 1. The molecule has 1 N–H and O–H groups in total. The first-order valence-corrected chi connectivity index (χ1v) is 7.83. The Bertz CT molecular complexity index is 485. The number of hydrogen-bond acceptors (Lipinski definition) is 2. The van der Waals surface area contributed by atoms with E-state index in [1.807, 2.05) is 0 Å². The number of hydrogen-bond donors (Lipinski definition) is 1. The van der Waals surface area contributed by atoms with E-state index in [0.29, 0.717) is 0 Å². The molecule has 0 heterocycles. The molecule has 0 unspecified atom stereocenters. The first-order chi connectivity index (χ1) is 9.13. The van der Waals surface area contributed by atoms with Crippen molar-refractivity contribution in [2.24, 2.45) is 0 Å². The van der Waals surface area contributed by atoms with E-state index in [0.717, 1.165) is 0 Å². The predicted octanol–water partition coefficient (Wildman–Crippen LogP) is 2.96. The third-order valence-electron chi connectivity index (χ3n) is 3.45. The fourth-order valence-electron chi connectivity index (χ4n) is 1.95. The highest BCUT2D eigenvalue weighted by atomic mass is 32.2. The van der Waals surface area contributed by atoms with Gasteiger partial charge in [-0.05, 0) is 32.4 Å². The van der Waals surface area contributed by atoms with Gasteiger partial charge in [0.25, 0.3) is 0 Å². The van der Waals surface area contributed by atoms with Crippen molar-refractivity contribution in [1.29, 1.82) is 0 Å². The van der Waals surface area contributed by atoms with Crippen LogP contribution in [-0.4, -0.2) is 32.6 Å². The van der Waals surface area contributed by atoms with Crippen molar-refractivity contribution in [3.05, 3.63) is 35.6 Å². The van der Waals surface area contributed by atoms with Gasteiger partial charge in [0, 0.05) is 26.7 Å². The quantitative estimate of drug-likeness (QED) is 0.908. The molecule has 0 fully saturated rings. The van der Waals surface area contributed by atoms with Gasteiger partial charge in [-0.15, -0.1) is 0 Å². The minimum Gasteiger partial charge on any atom is -0.393 e. The molecule has 5 heteroatoms. The van der Waals surface area contributed by atoms with Gasteiger partial charge in [0.05, 0.1) is 6.61 Å². The zero-order chi connectivity index (χ0) is 15.6. The van der Waals surface area contributed by atoms with Crippen LogP contribution in [-0.2, 0) is 16.2 Å². The average Bonchev–Trinajstić information content (AvgIpc) is 2.36. The van der Waals surface area contributed by atoms with Gasteiger partial charge in [-0.2, -0.15) is 0 Å². The Hall–Kier alpha value is -0.810. The predicted molar refractivity (Wildman–Crippen MR) is 78.5 cm³/mol. The van der Waals surface area contributed by atoms with E-state index in [9.17, 15) is 13.0 Å². The van der Waals surface area contributed by atoms with Crippen molar-refractivity contribution in [3.8, 4) is 0 Å². The second-order valence-electron chi connectivity index (χ2n) is 6.15. The van der Waals surface area contributed by atoms with E-state index in [4.69, 9.17) is 5.11 Å². The van der Waals surface area contributed by atoms with Crippen molar-refractivity contribution in [2.45, 2.75) is 44.0 Å². The van der Waals surface area contributed by atoms with Crippen molar-refractivity contribution in [1.82, 2.24) is 0 Å². The lowest BCUT2D eigenvalue weighted by Gasteiger charge is -2.34. The van der Waals surface area contributed by atoms with Crippen LogP contribution >= 0.6 is 0 Å². The Balaban J connectivity index is 3.25. The van der Waals surface area contributed by atoms with Crippen LogP contribution in [0.5, 0.6) is 0 Å². The van der Waals surface area contributed by atoms with Crippen molar-refractivity contribution in [2.75, 3.05) is 12.4 Å². The third-order valence-corrected chi connectivity index (χ3v) is 5.68. The lowest BCUT2D eigenvalue weighted by atomic mass is 9.80. The van der Waals surface area contributed by atoms with E-state index < -0.39 is 39.6 Å². The molecule has 0 aliphatic rings. The summed E-state index contributed by atoms with van der Waals surface area (Å²) in [6, 6.07) is 5.86. The zero-order valence-corrected chi connectivity index (χ0v) is 13.1. The number of rotatable bonds is 5. The highest BCUT2D eigenvalue weighted by Gasteiger charge is 2.41. The SMILES string of the molecule is CC(C)(C)[S@](=O)C[C@](C)(c1ccccc1F)[C@@H](F)CO. The smallest absolute Gasteiger partial charge is 0.133 e. The maximum atomic E-state index is 14.2. The minimum absolute atomic E-state index is 0.0425. The molecule has 0 saturated heterocycles. The van der Waals surface area contributed by atoms with Crippen molar-refractivity contribution < 1.29 is 18.1 Å². The second kappa shape index (κ2) is 6.31. The van der Waals surface area contributed by atoms with Crippen LogP contribution in [0.3, 0.4) is 0 Å². The Labute approximate surface area is 121 Å². The third kappa shape index (κ3) is 3.64. The molecule has 0 spiro atoms. The molecule has 0 radical (unpaired) electrons. The van der Waals surface area contributed by atoms with E-state index in [2.05, 4.69) is 0 Å². The molecule has 3 atom stereocenters. The highest BCUT2D eigenvalue weighted by Crippen LogP contribution is 2.34. The molecule has 114 valence electrons. The minimum atomic E-state index is -1.68. The average molecular weight is 304 g/mol. The summed E-state index contributed by atoms with van der Waals surface area (Å²) in [6.45, 7) is 6.15. The van der Waals surface area contributed by atoms with Crippen LogP contribution in [0.2, 0.25) is 0 Å². The standard InChI is InChI=1S/C15H22F2O2S/c1-14(2,3)20(19)10-15(4,13(17)9-18)11-7-5-6-8-12(11)16/h5-8,13,18H,9-10H2,1-4H3/t13-,15+,20+/m0/s1. The van der Waals surface area contributed by atoms with E-state index in [-0.39, 0.29) is 11.3 Å². The molecule has 1 aromatic carbocycles. The molecular weight excluding hydrogens is 282 g/mol. The van der Waals surface area contributed by atoms with Gasteiger partial charge in [-0.3, -0.25) is 4.21 Å². The molecule has 0 aromatic heterocycles. The van der Waals surface area contributed by atoms with E-state index in [1.54, 1.807) is 26.8 Å². The van der Waals surface area contributed by atoms with Gasteiger partial charge in [0.15, 0.2) is 0 Å². The molecule has 0 bridgehead atoms. The molecule has 1 aromatic rings. The van der Waals surface area contributed by atoms with Crippen LogP contribution in [0.25, 0.3) is 0 Å². The normalized spacial score (nSPS) is 18.4. The molecule has 0 amide bonds. The molecule has 0 aliphatic heterocycles. The highest BCUT2D eigenvalue weighted by molar-refractivity contribution is 7.86. The Kier molecular flexibility index (Phi) is 5.44. The Morgan fingerprint density at radius 1 is 1.25 bits per heavy atom. The topological polar surface area (TPSA) is 37.3 Å². The van der Waals surface area contributed by atoms with Crippen LogP contribution in [0, 0.1) is 5.82 Å². The van der Waals surface area contributed by atoms with Crippen LogP contribution in [0.4, 0.5) is 8.78 Å². The second-order valence-corrected chi connectivity index (χ2v) is 8.35. The van der Waals surface area contributed by atoms with Crippen LogP contribution in [0.1, 0.15) is 33.3 Å². The van der Waals surface area contributed by atoms with Gasteiger partial charge < -0.3 is 5.11 Å². The number of halogens is 2. The van der Waals surface area contributed by atoms with Gasteiger partial charge in [-0.1, -0.05) is 25.1 Å². The Morgan fingerprint density at radius 3 is 2.25 bits per heavy atom. The summed E-state index contributed by atoms with van der Waals surface area (Å²) in [7, 11) is -1.36. The van der Waals surface area contributed by atoms with Gasteiger partial charge in [0.1, 0.15) is 12.0 Å². The van der Waals surface area contributed by atoms with Crippen LogP contribution in [0.15, 0.2) is 24.3 Å². The number of aliphatic hydroxyl groups excluding tert-OH is 1. The maximum absolute atomic E-state index is 14.2. The van der Waals surface area contributed by atoms with Crippen molar-refractivity contribution >= 4 is 10.8 Å². The summed E-state index contributed by atoms with van der Waals surface area (Å²) in [5.41, 5.74) is -1.17. The number of benzene rings is 1. The first kappa shape index (κ1) is 17.2. The molecular formula is C15H22F2O2S. The lowest BCUT2D eigenvalue weighted by molar-refractivity contribution is 0.119. The van der Waals surface area contributed by atoms with Crippen LogP contribution < -0.4 is 0 Å². The molecule has 2 nitrogen and oxygen atoms in total.